The summed E-state index contributed by atoms with van der Waals surface area (Å²) in [6.07, 6.45) is 4.69. The molecule has 0 aliphatic heterocycles. The van der Waals surface area contributed by atoms with Crippen LogP contribution in [0.2, 0.25) is 0 Å². The average Bonchev–Trinajstić information content (AvgIpc) is 3.22. The zero-order valence-corrected chi connectivity index (χ0v) is 24.5. The van der Waals surface area contributed by atoms with Gasteiger partial charge in [0.25, 0.3) is 0 Å². The maximum absolute atomic E-state index is 2.52. The highest BCUT2D eigenvalue weighted by Crippen LogP contribution is 2.53. The molecule has 4 rings (SSSR count). The first-order valence-corrected chi connectivity index (χ1v) is 13.6. The molecule has 0 heterocycles. The van der Waals surface area contributed by atoms with Gasteiger partial charge in [0.15, 0.2) is 0 Å². The van der Waals surface area contributed by atoms with Crippen molar-refractivity contribution in [2.45, 2.75) is 113 Å². The van der Waals surface area contributed by atoms with Crippen molar-refractivity contribution in [3.63, 3.8) is 0 Å². The fourth-order valence-corrected chi connectivity index (χ4v) is 6.35. The summed E-state index contributed by atoms with van der Waals surface area (Å²) in [6.45, 7) is 28.4. The maximum atomic E-state index is 2.52. The third-order valence-electron chi connectivity index (χ3n) is 8.01. The number of hydrogen-bond donors (Lipinski definition) is 0. The standard InChI is InChI=1S/C35H48/c1-32(2,3)26-15-13-22-17-24(30(28(22)20-26)34(7,8)9)19-25-18-23-14-16-27(33(4,5)6)21-29(23)31(25)35(10,11)12/h13-17,20-21,30H,18-19H2,1-12H3. The summed E-state index contributed by atoms with van der Waals surface area (Å²) in [5, 5.41) is 0. The Bertz CT molecular complexity index is 1200. The third-order valence-corrected chi connectivity index (χ3v) is 8.01. The topological polar surface area (TPSA) is 0 Å². The lowest BCUT2D eigenvalue weighted by atomic mass is 9.71. The third kappa shape index (κ3) is 4.96. The molecule has 0 amide bonds. The highest BCUT2D eigenvalue weighted by Gasteiger charge is 2.38. The first-order valence-electron chi connectivity index (χ1n) is 13.6. The summed E-state index contributed by atoms with van der Waals surface area (Å²) in [5.41, 5.74) is 14.3. The number of fused-ring (bicyclic) bond motifs is 2. The molecule has 0 N–H and O–H groups in total. The van der Waals surface area contributed by atoms with Crippen LogP contribution in [0.25, 0.3) is 11.6 Å². The quantitative estimate of drug-likeness (QED) is 0.411. The van der Waals surface area contributed by atoms with Crippen LogP contribution >= 0.6 is 0 Å². The van der Waals surface area contributed by atoms with E-state index in [0.29, 0.717) is 5.92 Å². The first kappa shape index (κ1) is 26.0. The lowest BCUT2D eigenvalue weighted by molar-refractivity contribution is 0.354. The van der Waals surface area contributed by atoms with Gasteiger partial charge in [0.05, 0.1) is 0 Å². The second-order valence-corrected chi connectivity index (χ2v) is 15.3. The van der Waals surface area contributed by atoms with Gasteiger partial charge in [-0.1, -0.05) is 137 Å². The van der Waals surface area contributed by atoms with Crippen molar-refractivity contribution >= 4 is 11.6 Å². The van der Waals surface area contributed by atoms with Crippen LogP contribution in [0, 0.1) is 10.8 Å². The van der Waals surface area contributed by atoms with Crippen molar-refractivity contribution < 1.29 is 0 Å². The second kappa shape index (κ2) is 8.22. The number of rotatable bonds is 2. The minimum Gasteiger partial charge on any atom is -0.0593 e. The molecule has 0 bridgehead atoms. The molecule has 1 atom stereocenters. The fourth-order valence-electron chi connectivity index (χ4n) is 6.35. The van der Waals surface area contributed by atoms with Crippen molar-refractivity contribution in [2.75, 3.05) is 0 Å². The Balaban J connectivity index is 1.79. The average molecular weight is 469 g/mol. The summed E-state index contributed by atoms with van der Waals surface area (Å²) >= 11 is 0. The van der Waals surface area contributed by atoms with Gasteiger partial charge in [0.1, 0.15) is 0 Å². The van der Waals surface area contributed by atoms with Gasteiger partial charge in [-0.15, -0.1) is 0 Å². The summed E-state index contributed by atoms with van der Waals surface area (Å²) in [6, 6.07) is 14.5. The Hall–Kier alpha value is -2.08. The van der Waals surface area contributed by atoms with Gasteiger partial charge in [0, 0.05) is 5.92 Å². The van der Waals surface area contributed by atoms with Crippen molar-refractivity contribution in [1.82, 2.24) is 0 Å². The fraction of sp³-hybridized carbons (Fsp3) is 0.543. The SMILES string of the molecule is CC(C)(C)C1=C(CC2=Cc3ccc(C(C)(C)C)cc3C2C(C)(C)C)Cc2ccc(C(C)(C)C)cc21. The summed E-state index contributed by atoms with van der Waals surface area (Å²) in [7, 11) is 0. The van der Waals surface area contributed by atoms with E-state index in [0.717, 1.165) is 12.8 Å². The zero-order valence-electron chi connectivity index (χ0n) is 24.5. The van der Waals surface area contributed by atoms with E-state index >= 15 is 0 Å². The second-order valence-electron chi connectivity index (χ2n) is 15.3. The van der Waals surface area contributed by atoms with E-state index < -0.39 is 0 Å². The van der Waals surface area contributed by atoms with Crippen LogP contribution in [0.5, 0.6) is 0 Å². The van der Waals surface area contributed by atoms with Crippen LogP contribution in [0.3, 0.4) is 0 Å². The molecule has 35 heavy (non-hydrogen) atoms. The van der Waals surface area contributed by atoms with Crippen LogP contribution < -0.4 is 0 Å². The van der Waals surface area contributed by atoms with Gasteiger partial charge in [0.2, 0.25) is 0 Å². The van der Waals surface area contributed by atoms with Crippen molar-refractivity contribution in [3.05, 3.63) is 80.9 Å². The van der Waals surface area contributed by atoms with E-state index in [-0.39, 0.29) is 21.7 Å². The number of allylic oxidation sites excluding steroid dienone is 3. The Morgan fingerprint density at radius 1 is 0.686 bits per heavy atom. The molecule has 0 nitrogen and oxygen atoms in total. The molecular weight excluding hydrogens is 420 g/mol. The highest BCUT2D eigenvalue weighted by atomic mass is 14.4. The van der Waals surface area contributed by atoms with E-state index in [1.54, 1.807) is 16.7 Å². The molecule has 0 radical (unpaired) electrons. The van der Waals surface area contributed by atoms with Crippen LogP contribution in [-0.2, 0) is 17.3 Å². The van der Waals surface area contributed by atoms with E-state index in [1.165, 1.54) is 33.4 Å². The lowest BCUT2D eigenvalue weighted by Crippen LogP contribution is -2.20. The summed E-state index contributed by atoms with van der Waals surface area (Å²) in [5.74, 6) is 0.461. The molecule has 0 aromatic heterocycles. The van der Waals surface area contributed by atoms with Gasteiger partial charge in [-0.3, -0.25) is 0 Å². The molecule has 2 aliphatic carbocycles. The van der Waals surface area contributed by atoms with Gasteiger partial charge in [-0.05, 0) is 73.5 Å². The molecule has 0 saturated carbocycles. The number of hydrogen-bond acceptors (Lipinski definition) is 0. The zero-order chi connectivity index (χ0) is 26.1. The molecule has 2 aromatic carbocycles. The van der Waals surface area contributed by atoms with E-state index in [4.69, 9.17) is 0 Å². The van der Waals surface area contributed by atoms with Crippen LogP contribution in [0.4, 0.5) is 0 Å². The maximum Gasteiger partial charge on any atom is 0.0109 e. The molecule has 2 aliphatic rings. The highest BCUT2D eigenvalue weighted by molar-refractivity contribution is 5.81. The molecule has 0 saturated heterocycles. The van der Waals surface area contributed by atoms with E-state index in [9.17, 15) is 0 Å². The molecule has 0 fully saturated rings. The smallest absolute Gasteiger partial charge is 0.0109 e. The summed E-state index contributed by atoms with van der Waals surface area (Å²) < 4.78 is 0. The van der Waals surface area contributed by atoms with Gasteiger partial charge in [-0.25, -0.2) is 0 Å². The van der Waals surface area contributed by atoms with Crippen molar-refractivity contribution in [1.29, 1.82) is 0 Å². The van der Waals surface area contributed by atoms with E-state index in [2.05, 4.69) is 126 Å². The van der Waals surface area contributed by atoms with Crippen LogP contribution in [0.1, 0.15) is 129 Å². The van der Waals surface area contributed by atoms with Crippen molar-refractivity contribution in [2.24, 2.45) is 10.8 Å². The first-order chi connectivity index (χ1) is 15.9. The molecule has 188 valence electrons. The normalized spacial score (nSPS) is 18.6. The Morgan fingerprint density at radius 2 is 1.26 bits per heavy atom. The largest absolute Gasteiger partial charge is 0.0593 e. The minimum atomic E-state index is 0.125. The van der Waals surface area contributed by atoms with Gasteiger partial charge in [-0.2, -0.15) is 0 Å². The molecule has 0 spiro atoms. The Kier molecular flexibility index (Phi) is 6.11. The molecule has 2 aromatic rings. The Morgan fingerprint density at radius 3 is 1.80 bits per heavy atom. The lowest BCUT2D eigenvalue weighted by Gasteiger charge is -2.33. The predicted octanol–water partition coefficient (Wildman–Crippen LogP) is 10.3. The van der Waals surface area contributed by atoms with Crippen molar-refractivity contribution in [3.8, 4) is 0 Å². The van der Waals surface area contributed by atoms with Gasteiger partial charge >= 0.3 is 0 Å². The molecule has 1 unspecified atom stereocenters. The monoisotopic (exact) mass is 468 g/mol. The number of benzene rings is 2. The minimum absolute atomic E-state index is 0.125. The Labute approximate surface area is 215 Å². The van der Waals surface area contributed by atoms with Crippen LogP contribution in [-0.4, -0.2) is 0 Å². The molecular formula is C35H48. The van der Waals surface area contributed by atoms with Crippen LogP contribution in [0.15, 0.2) is 47.5 Å². The molecule has 0 heteroatoms. The predicted molar refractivity (Wildman–Crippen MR) is 155 cm³/mol. The van der Waals surface area contributed by atoms with Gasteiger partial charge < -0.3 is 0 Å². The summed E-state index contributed by atoms with van der Waals surface area (Å²) in [4.78, 5) is 0. The van der Waals surface area contributed by atoms with E-state index in [1.807, 2.05) is 0 Å².